The molecule has 1 unspecified atom stereocenters. The second-order valence-electron chi connectivity index (χ2n) is 4.77. The summed E-state index contributed by atoms with van der Waals surface area (Å²) in [5.74, 6) is 0. The van der Waals surface area contributed by atoms with Crippen LogP contribution in [0.25, 0.3) is 0 Å². The van der Waals surface area contributed by atoms with Gasteiger partial charge in [-0.25, -0.2) is 8.42 Å². The highest BCUT2D eigenvalue weighted by molar-refractivity contribution is 9.11. The van der Waals surface area contributed by atoms with Crippen LogP contribution in [0.2, 0.25) is 0 Å². The maximum absolute atomic E-state index is 12.5. The van der Waals surface area contributed by atoms with E-state index in [1.54, 1.807) is 26.1 Å². The van der Waals surface area contributed by atoms with Crippen molar-refractivity contribution in [2.75, 3.05) is 7.05 Å². The molecule has 1 aromatic heterocycles. The van der Waals surface area contributed by atoms with Crippen LogP contribution in [-0.4, -0.2) is 24.9 Å². The number of aliphatic hydroxyl groups excluding tert-OH is 1. The van der Waals surface area contributed by atoms with Crippen LogP contribution >= 0.6 is 27.3 Å². The predicted molar refractivity (Wildman–Crippen MR) is 87.7 cm³/mol. The van der Waals surface area contributed by atoms with Crippen molar-refractivity contribution in [2.24, 2.45) is 0 Å². The largest absolute Gasteiger partial charge is 0.389 e. The molecule has 0 radical (unpaired) electrons. The van der Waals surface area contributed by atoms with Gasteiger partial charge in [0, 0.05) is 13.6 Å². The number of sulfonamides is 1. The highest BCUT2D eigenvalue weighted by atomic mass is 79.9. The summed E-state index contributed by atoms with van der Waals surface area (Å²) in [5.41, 5.74) is 1.64. The average Bonchev–Trinajstić information content (AvgIpc) is 2.84. The van der Waals surface area contributed by atoms with E-state index in [1.807, 2.05) is 11.4 Å². The fourth-order valence-electron chi connectivity index (χ4n) is 1.87. The molecule has 0 aliphatic heterocycles. The third-order valence-electron chi connectivity index (χ3n) is 3.10. The fraction of sp³-hybridized carbons (Fsp3) is 0.286. The summed E-state index contributed by atoms with van der Waals surface area (Å²) in [6, 6.07) is 8.22. The van der Waals surface area contributed by atoms with E-state index in [9.17, 15) is 13.5 Å². The van der Waals surface area contributed by atoms with Crippen molar-refractivity contribution in [1.29, 1.82) is 0 Å². The zero-order valence-corrected chi connectivity index (χ0v) is 14.9. The number of nitrogens with zero attached hydrogens (tertiary/aromatic N) is 1. The van der Waals surface area contributed by atoms with Gasteiger partial charge in [0.05, 0.1) is 14.8 Å². The van der Waals surface area contributed by atoms with Crippen molar-refractivity contribution in [3.8, 4) is 0 Å². The molecule has 21 heavy (non-hydrogen) atoms. The van der Waals surface area contributed by atoms with Crippen LogP contribution in [0.1, 0.15) is 24.2 Å². The van der Waals surface area contributed by atoms with Crippen LogP contribution in [0.3, 0.4) is 0 Å². The van der Waals surface area contributed by atoms with Crippen molar-refractivity contribution in [3.63, 3.8) is 0 Å². The lowest BCUT2D eigenvalue weighted by atomic mass is 10.1. The Morgan fingerprint density at radius 2 is 1.95 bits per heavy atom. The molecule has 0 bridgehead atoms. The molecule has 7 heteroatoms. The molecule has 4 nitrogen and oxygen atoms in total. The molecule has 0 saturated carbocycles. The minimum Gasteiger partial charge on any atom is -0.389 e. The Morgan fingerprint density at radius 3 is 2.43 bits per heavy atom. The summed E-state index contributed by atoms with van der Waals surface area (Å²) in [7, 11) is -1.97. The average molecular weight is 390 g/mol. The standard InChI is InChI=1S/C14H16BrNO3S2/c1-10(17)12-3-5-13(6-4-12)21(18,19)16(2)8-11-7-14(15)20-9-11/h3-7,9-10,17H,8H2,1-2H3. The van der Waals surface area contributed by atoms with Crippen LogP contribution in [0.4, 0.5) is 0 Å². The number of hydrogen-bond donors (Lipinski definition) is 1. The van der Waals surface area contributed by atoms with Gasteiger partial charge in [-0.2, -0.15) is 4.31 Å². The summed E-state index contributed by atoms with van der Waals surface area (Å²) in [6.07, 6.45) is -0.609. The minimum atomic E-state index is -3.53. The number of hydrogen-bond acceptors (Lipinski definition) is 4. The van der Waals surface area contributed by atoms with Gasteiger partial charge >= 0.3 is 0 Å². The summed E-state index contributed by atoms with van der Waals surface area (Å²) in [4.78, 5) is 0.226. The second-order valence-corrected chi connectivity index (χ2v) is 9.10. The molecule has 0 aliphatic rings. The van der Waals surface area contributed by atoms with E-state index in [4.69, 9.17) is 0 Å². The maximum Gasteiger partial charge on any atom is 0.243 e. The highest BCUT2D eigenvalue weighted by Crippen LogP contribution is 2.24. The first kappa shape index (κ1) is 16.6. The van der Waals surface area contributed by atoms with Crippen LogP contribution < -0.4 is 0 Å². The van der Waals surface area contributed by atoms with Crippen molar-refractivity contribution in [1.82, 2.24) is 4.31 Å². The molecule has 1 N–H and O–H groups in total. The molecule has 0 amide bonds. The van der Waals surface area contributed by atoms with Gasteiger partial charge < -0.3 is 5.11 Å². The van der Waals surface area contributed by atoms with Crippen LogP contribution in [0.5, 0.6) is 0 Å². The van der Waals surface area contributed by atoms with E-state index in [2.05, 4.69) is 15.9 Å². The van der Waals surface area contributed by atoms with Crippen LogP contribution in [0, 0.1) is 0 Å². The number of thiophene rings is 1. The predicted octanol–water partition coefficient (Wildman–Crippen LogP) is 3.38. The van der Waals surface area contributed by atoms with E-state index < -0.39 is 16.1 Å². The van der Waals surface area contributed by atoms with Gasteiger partial charge in [-0.05, 0) is 57.6 Å². The van der Waals surface area contributed by atoms with Crippen LogP contribution in [0.15, 0.2) is 44.4 Å². The SMILES string of the molecule is CC(O)c1ccc(S(=O)(=O)N(C)Cc2csc(Br)c2)cc1. The first-order chi connectivity index (χ1) is 9.80. The smallest absolute Gasteiger partial charge is 0.243 e. The maximum atomic E-state index is 12.5. The van der Waals surface area contributed by atoms with E-state index >= 15 is 0 Å². The summed E-state index contributed by atoms with van der Waals surface area (Å²) >= 11 is 4.89. The Balaban J connectivity index is 2.20. The van der Waals surface area contributed by atoms with Gasteiger partial charge in [-0.3, -0.25) is 0 Å². The van der Waals surface area contributed by atoms with Crippen molar-refractivity contribution in [2.45, 2.75) is 24.5 Å². The number of rotatable bonds is 5. The van der Waals surface area contributed by atoms with E-state index in [0.29, 0.717) is 12.1 Å². The topological polar surface area (TPSA) is 57.6 Å². The second kappa shape index (κ2) is 6.58. The summed E-state index contributed by atoms with van der Waals surface area (Å²) < 4.78 is 27.3. The fourth-order valence-corrected chi connectivity index (χ4v) is 4.23. The Kier molecular flexibility index (Phi) is 5.21. The van der Waals surface area contributed by atoms with Crippen LogP contribution in [-0.2, 0) is 16.6 Å². The van der Waals surface area contributed by atoms with Gasteiger partial charge in [0.25, 0.3) is 0 Å². The molecule has 0 spiro atoms. The minimum absolute atomic E-state index is 0.226. The molecule has 0 saturated heterocycles. The van der Waals surface area contributed by atoms with E-state index in [0.717, 1.165) is 9.35 Å². The third kappa shape index (κ3) is 3.92. The van der Waals surface area contributed by atoms with Gasteiger partial charge in [-0.1, -0.05) is 12.1 Å². The molecule has 2 aromatic rings. The van der Waals surface area contributed by atoms with Crippen molar-refractivity contribution >= 4 is 37.3 Å². The quantitative estimate of drug-likeness (QED) is 0.852. The molecule has 1 atom stereocenters. The lowest BCUT2D eigenvalue weighted by molar-refractivity contribution is 0.199. The number of aliphatic hydroxyl groups is 1. The normalized spacial score (nSPS) is 13.6. The Labute approximate surface area is 137 Å². The number of benzene rings is 1. The van der Waals surface area contributed by atoms with Crippen molar-refractivity contribution in [3.05, 3.63) is 50.6 Å². The first-order valence-electron chi connectivity index (χ1n) is 6.28. The van der Waals surface area contributed by atoms with E-state index in [-0.39, 0.29) is 4.90 Å². The zero-order chi connectivity index (χ0) is 15.6. The number of halogens is 1. The molecule has 0 aliphatic carbocycles. The lowest BCUT2D eigenvalue weighted by Crippen LogP contribution is -2.26. The van der Waals surface area contributed by atoms with Crippen molar-refractivity contribution < 1.29 is 13.5 Å². The molecular formula is C14H16BrNO3S2. The zero-order valence-electron chi connectivity index (χ0n) is 11.7. The Hall–Kier alpha value is -0.730. The van der Waals surface area contributed by atoms with Gasteiger partial charge in [0.2, 0.25) is 10.0 Å². The molecular weight excluding hydrogens is 374 g/mol. The monoisotopic (exact) mass is 389 g/mol. The molecule has 114 valence electrons. The molecule has 2 rings (SSSR count). The summed E-state index contributed by atoms with van der Waals surface area (Å²) in [6.45, 7) is 1.96. The highest BCUT2D eigenvalue weighted by Gasteiger charge is 2.21. The van der Waals surface area contributed by atoms with Gasteiger partial charge in [0.1, 0.15) is 0 Å². The molecule has 0 fully saturated rings. The summed E-state index contributed by atoms with van der Waals surface area (Å²) in [5, 5.41) is 11.4. The Bertz CT molecular complexity index is 708. The Morgan fingerprint density at radius 1 is 1.33 bits per heavy atom. The van der Waals surface area contributed by atoms with E-state index in [1.165, 1.54) is 27.8 Å². The first-order valence-corrected chi connectivity index (χ1v) is 9.39. The molecule has 1 heterocycles. The van der Waals surface area contributed by atoms with Gasteiger partial charge in [0.15, 0.2) is 0 Å². The third-order valence-corrected chi connectivity index (χ3v) is 6.47. The van der Waals surface area contributed by atoms with Gasteiger partial charge in [-0.15, -0.1) is 11.3 Å². The molecule has 1 aromatic carbocycles. The lowest BCUT2D eigenvalue weighted by Gasteiger charge is -2.17.